The van der Waals surface area contributed by atoms with Crippen molar-refractivity contribution in [3.8, 4) is 5.69 Å². The van der Waals surface area contributed by atoms with Gasteiger partial charge in [-0.05, 0) is 54.2 Å². The molecule has 1 aliphatic heterocycles. The zero-order chi connectivity index (χ0) is 22.8. The van der Waals surface area contributed by atoms with Gasteiger partial charge in [-0.15, -0.1) is 0 Å². The first-order valence-electron chi connectivity index (χ1n) is 10.6. The van der Waals surface area contributed by atoms with E-state index < -0.39 is 4.92 Å². The molecular formula is C25H21N5O2S. The number of nitrogens with zero attached hydrogens (tertiary/aromatic N) is 4. The minimum absolute atomic E-state index is 0.0632. The Morgan fingerprint density at radius 3 is 2.42 bits per heavy atom. The summed E-state index contributed by atoms with van der Waals surface area (Å²) in [6.45, 7) is 0.645. The van der Waals surface area contributed by atoms with Gasteiger partial charge in [0.2, 0.25) is 0 Å². The van der Waals surface area contributed by atoms with Crippen molar-refractivity contribution in [3.05, 3.63) is 124 Å². The third-order valence-electron chi connectivity index (χ3n) is 5.82. The molecule has 0 spiro atoms. The third-order valence-corrected chi connectivity index (χ3v) is 6.17. The highest BCUT2D eigenvalue weighted by Crippen LogP contribution is 2.40. The van der Waals surface area contributed by atoms with Crippen molar-refractivity contribution in [1.82, 2.24) is 19.8 Å². The minimum Gasteiger partial charge on any atom is -0.352 e. The molecule has 5 rings (SSSR count). The first-order chi connectivity index (χ1) is 16.1. The number of rotatable bonds is 6. The molecule has 0 bridgehead atoms. The van der Waals surface area contributed by atoms with Crippen molar-refractivity contribution in [2.75, 3.05) is 0 Å². The van der Waals surface area contributed by atoms with Crippen molar-refractivity contribution in [1.29, 1.82) is 0 Å². The Hall–Kier alpha value is -4.04. The number of aromatic nitrogens is 2. The fourth-order valence-electron chi connectivity index (χ4n) is 4.28. The van der Waals surface area contributed by atoms with Crippen molar-refractivity contribution in [2.24, 2.45) is 0 Å². The van der Waals surface area contributed by atoms with Crippen LogP contribution in [0.5, 0.6) is 0 Å². The van der Waals surface area contributed by atoms with Crippen LogP contribution in [0.1, 0.15) is 29.0 Å². The summed E-state index contributed by atoms with van der Waals surface area (Å²) in [5.41, 5.74) is 3.98. The van der Waals surface area contributed by atoms with Crippen LogP contribution in [0.3, 0.4) is 0 Å². The van der Waals surface area contributed by atoms with E-state index in [4.69, 9.17) is 12.2 Å². The van der Waals surface area contributed by atoms with Crippen LogP contribution in [0.2, 0.25) is 0 Å². The SMILES string of the molecule is O=[N+]([O-])c1ccc(-n2cccc2[C@@H]2[C@@H](c3ccccn3)NC(=S)N2Cc2ccccc2)cc1. The van der Waals surface area contributed by atoms with Crippen LogP contribution in [0.4, 0.5) is 5.69 Å². The van der Waals surface area contributed by atoms with E-state index in [2.05, 4.69) is 38.0 Å². The van der Waals surface area contributed by atoms with Crippen LogP contribution in [0, 0.1) is 10.1 Å². The van der Waals surface area contributed by atoms with Crippen LogP contribution in [-0.4, -0.2) is 24.5 Å². The lowest BCUT2D eigenvalue weighted by atomic mass is 10.0. The first kappa shape index (κ1) is 20.8. The second-order valence-electron chi connectivity index (χ2n) is 7.82. The molecule has 2 atom stereocenters. The molecule has 1 fully saturated rings. The fraction of sp³-hybridized carbons (Fsp3) is 0.120. The van der Waals surface area contributed by atoms with Gasteiger partial charge >= 0.3 is 0 Å². The minimum atomic E-state index is -0.391. The molecule has 0 aliphatic carbocycles. The number of thiocarbonyl (C=S) groups is 1. The van der Waals surface area contributed by atoms with Crippen LogP contribution < -0.4 is 5.32 Å². The topological polar surface area (TPSA) is 76.2 Å². The molecule has 1 aliphatic rings. The summed E-state index contributed by atoms with van der Waals surface area (Å²) in [4.78, 5) is 17.5. The molecular weight excluding hydrogens is 434 g/mol. The van der Waals surface area contributed by atoms with Gasteiger partial charge in [0.15, 0.2) is 5.11 Å². The summed E-state index contributed by atoms with van der Waals surface area (Å²) in [5, 5.41) is 15.2. The van der Waals surface area contributed by atoms with Crippen LogP contribution in [-0.2, 0) is 6.54 Å². The Morgan fingerprint density at radius 2 is 1.73 bits per heavy atom. The molecule has 0 unspecified atom stereocenters. The molecule has 0 saturated carbocycles. The number of benzene rings is 2. The second-order valence-corrected chi connectivity index (χ2v) is 8.20. The third kappa shape index (κ3) is 4.08. The number of hydrogen-bond acceptors (Lipinski definition) is 4. The Bertz CT molecular complexity index is 1280. The van der Waals surface area contributed by atoms with Gasteiger partial charge in [-0.1, -0.05) is 36.4 Å². The smallest absolute Gasteiger partial charge is 0.269 e. The number of non-ortho nitro benzene ring substituents is 1. The fourth-order valence-corrected chi connectivity index (χ4v) is 4.59. The quantitative estimate of drug-likeness (QED) is 0.252. The van der Waals surface area contributed by atoms with Crippen LogP contribution in [0.25, 0.3) is 5.69 Å². The van der Waals surface area contributed by atoms with Gasteiger partial charge in [0.1, 0.15) is 0 Å². The molecule has 8 heteroatoms. The van der Waals surface area contributed by atoms with Gasteiger partial charge in [-0.2, -0.15) is 0 Å². The first-order valence-corrected chi connectivity index (χ1v) is 11.0. The lowest BCUT2D eigenvalue weighted by Gasteiger charge is -2.29. The maximum atomic E-state index is 11.1. The van der Waals surface area contributed by atoms with E-state index in [1.807, 2.05) is 48.7 Å². The second kappa shape index (κ2) is 8.84. The lowest BCUT2D eigenvalue weighted by Crippen LogP contribution is -2.30. The van der Waals surface area contributed by atoms with Crippen molar-refractivity contribution >= 4 is 23.0 Å². The molecule has 1 N–H and O–H groups in total. The van der Waals surface area contributed by atoms with E-state index in [0.717, 1.165) is 22.6 Å². The molecule has 7 nitrogen and oxygen atoms in total. The number of pyridine rings is 1. The average molecular weight is 456 g/mol. The van der Waals surface area contributed by atoms with E-state index in [1.165, 1.54) is 12.1 Å². The van der Waals surface area contributed by atoms with Gasteiger partial charge < -0.3 is 14.8 Å². The Morgan fingerprint density at radius 1 is 0.970 bits per heavy atom. The molecule has 164 valence electrons. The maximum absolute atomic E-state index is 11.1. The number of hydrogen-bond donors (Lipinski definition) is 1. The average Bonchev–Trinajstić information content (AvgIpc) is 3.45. The van der Waals surface area contributed by atoms with Crippen molar-refractivity contribution < 1.29 is 4.92 Å². The summed E-state index contributed by atoms with van der Waals surface area (Å²) in [7, 11) is 0. The summed E-state index contributed by atoms with van der Waals surface area (Å²) >= 11 is 5.78. The summed E-state index contributed by atoms with van der Waals surface area (Å²) in [6, 6.07) is 26.4. The monoisotopic (exact) mass is 455 g/mol. The molecule has 4 aromatic rings. The van der Waals surface area contributed by atoms with E-state index in [9.17, 15) is 10.1 Å². The predicted octanol–water partition coefficient (Wildman–Crippen LogP) is 4.95. The predicted molar refractivity (Wildman–Crippen MR) is 130 cm³/mol. The largest absolute Gasteiger partial charge is 0.352 e. The van der Waals surface area contributed by atoms with Crippen molar-refractivity contribution in [3.63, 3.8) is 0 Å². The van der Waals surface area contributed by atoms with E-state index in [-0.39, 0.29) is 17.8 Å². The Labute approximate surface area is 196 Å². The van der Waals surface area contributed by atoms with E-state index in [0.29, 0.717) is 11.7 Å². The van der Waals surface area contributed by atoms with Crippen LogP contribution >= 0.6 is 12.2 Å². The summed E-state index contributed by atoms with van der Waals surface area (Å²) < 4.78 is 2.05. The normalized spacial score (nSPS) is 17.7. The highest BCUT2D eigenvalue weighted by molar-refractivity contribution is 7.80. The highest BCUT2D eigenvalue weighted by Gasteiger charge is 2.41. The van der Waals surface area contributed by atoms with Crippen LogP contribution in [0.15, 0.2) is 97.3 Å². The molecule has 0 radical (unpaired) electrons. The van der Waals surface area contributed by atoms with E-state index in [1.54, 1.807) is 18.3 Å². The molecule has 33 heavy (non-hydrogen) atoms. The van der Waals surface area contributed by atoms with Crippen molar-refractivity contribution in [2.45, 2.75) is 18.6 Å². The molecule has 0 amide bonds. The zero-order valence-corrected chi connectivity index (χ0v) is 18.4. The summed E-state index contributed by atoms with van der Waals surface area (Å²) in [5.74, 6) is 0. The molecule has 3 heterocycles. The highest BCUT2D eigenvalue weighted by atomic mass is 32.1. The Balaban J connectivity index is 1.58. The number of nitro benzene ring substituents is 1. The number of nitrogens with one attached hydrogen (secondary N) is 1. The van der Waals surface area contributed by atoms with Gasteiger partial charge in [0, 0.05) is 42.5 Å². The Kier molecular flexibility index (Phi) is 5.58. The zero-order valence-electron chi connectivity index (χ0n) is 17.6. The number of nitro groups is 1. The maximum Gasteiger partial charge on any atom is 0.269 e. The van der Waals surface area contributed by atoms with Gasteiger partial charge in [0.25, 0.3) is 5.69 Å². The molecule has 2 aromatic heterocycles. The van der Waals surface area contributed by atoms with E-state index >= 15 is 0 Å². The molecule has 2 aromatic carbocycles. The van der Waals surface area contributed by atoms with Gasteiger partial charge in [0.05, 0.1) is 22.7 Å². The van der Waals surface area contributed by atoms with Gasteiger partial charge in [-0.25, -0.2) is 0 Å². The van der Waals surface area contributed by atoms with Gasteiger partial charge in [-0.3, -0.25) is 15.1 Å². The standard InChI is InChI=1S/C25H21N5O2S/c31-30(32)20-13-11-19(12-14-20)28-16-6-10-22(28)24-23(21-9-4-5-15-26-21)27-25(33)29(24)17-18-7-2-1-3-8-18/h1-16,23-24H,17H2,(H,27,33)/t23-,24-/m1/s1. The summed E-state index contributed by atoms with van der Waals surface area (Å²) in [6.07, 6.45) is 3.75. The lowest BCUT2D eigenvalue weighted by molar-refractivity contribution is -0.384. The molecule has 1 saturated heterocycles.